The third kappa shape index (κ3) is 3.61. The molecule has 0 radical (unpaired) electrons. The standard InChI is InChI=1S/C15H15BrF2N2/c1-2-20-14(11-6-12(16)9-19-8-11)7-10-4-3-5-13(17)15(10)18/h3-6,8-9,14,20H,2,7H2,1H3. The molecule has 0 spiro atoms. The Morgan fingerprint density at radius 3 is 2.80 bits per heavy atom. The zero-order valence-corrected chi connectivity index (χ0v) is 12.6. The summed E-state index contributed by atoms with van der Waals surface area (Å²) in [6.07, 6.45) is 3.79. The van der Waals surface area contributed by atoms with E-state index in [-0.39, 0.29) is 6.04 Å². The Bertz CT molecular complexity index is 590. The number of pyridine rings is 1. The molecule has 1 unspecified atom stereocenters. The summed E-state index contributed by atoms with van der Waals surface area (Å²) in [6.45, 7) is 2.70. The minimum atomic E-state index is -0.815. The van der Waals surface area contributed by atoms with E-state index in [2.05, 4.69) is 26.2 Å². The van der Waals surface area contributed by atoms with E-state index in [1.165, 1.54) is 6.07 Å². The highest BCUT2D eigenvalue weighted by molar-refractivity contribution is 9.10. The summed E-state index contributed by atoms with van der Waals surface area (Å²) in [4.78, 5) is 4.11. The molecule has 106 valence electrons. The van der Waals surface area contributed by atoms with Crippen molar-refractivity contribution in [1.29, 1.82) is 0 Å². The van der Waals surface area contributed by atoms with E-state index in [9.17, 15) is 8.78 Å². The summed E-state index contributed by atoms with van der Waals surface area (Å²) in [6, 6.07) is 6.07. The maximum Gasteiger partial charge on any atom is 0.162 e. The van der Waals surface area contributed by atoms with Gasteiger partial charge in [-0.1, -0.05) is 19.1 Å². The van der Waals surface area contributed by atoms with Crippen LogP contribution in [0.2, 0.25) is 0 Å². The van der Waals surface area contributed by atoms with Crippen LogP contribution < -0.4 is 5.32 Å². The Balaban J connectivity index is 2.28. The van der Waals surface area contributed by atoms with Gasteiger partial charge >= 0.3 is 0 Å². The van der Waals surface area contributed by atoms with Gasteiger partial charge in [0.05, 0.1) is 0 Å². The minimum Gasteiger partial charge on any atom is -0.310 e. The Morgan fingerprint density at radius 2 is 2.10 bits per heavy atom. The van der Waals surface area contributed by atoms with E-state index in [1.54, 1.807) is 18.5 Å². The van der Waals surface area contributed by atoms with Gasteiger partial charge < -0.3 is 5.32 Å². The van der Waals surface area contributed by atoms with Gasteiger partial charge in [0.25, 0.3) is 0 Å². The first-order valence-electron chi connectivity index (χ1n) is 6.38. The second-order valence-corrected chi connectivity index (χ2v) is 5.38. The molecule has 1 atom stereocenters. The zero-order valence-electron chi connectivity index (χ0n) is 11.0. The number of hydrogen-bond acceptors (Lipinski definition) is 2. The Morgan fingerprint density at radius 1 is 1.30 bits per heavy atom. The fourth-order valence-corrected chi connectivity index (χ4v) is 2.48. The number of benzene rings is 1. The smallest absolute Gasteiger partial charge is 0.162 e. The lowest BCUT2D eigenvalue weighted by atomic mass is 9.99. The van der Waals surface area contributed by atoms with Crippen LogP contribution in [0.15, 0.2) is 41.1 Å². The Hall–Kier alpha value is -1.33. The lowest BCUT2D eigenvalue weighted by Crippen LogP contribution is -2.23. The van der Waals surface area contributed by atoms with Gasteiger partial charge in [0, 0.05) is 22.9 Å². The monoisotopic (exact) mass is 340 g/mol. The van der Waals surface area contributed by atoms with Crippen molar-refractivity contribution >= 4 is 15.9 Å². The topological polar surface area (TPSA) is 24.9 Å². The van der Waals surface area contributed by atoms with Crippen LogP contribution in [0.3, 0.4) is 0 Å². The summed E-state index contributed by atoms with van der Waals surface area (Å²) in [5, 5.41) is 3.27. The molecule has 0 aliphatic rings. The molecule has 1 aromatic carbocycles. The van der Waals surface area contributed by atoms with Crippen molar-refractivity contribution < 1.29 is 8.78 Å². The van der Waals surface area contributed by atoms with Crippen LogP contribution in [0.1, 0.15) is 24.1 Å². The lowest BCUT2D eigenvalue weighted by molar-refractivity contribution is 0.481. The highest BCUT2D eigenvalue weighted by Crippen LogP contribution is 2.23. The largest absolute Gasteiger partial charge is 0.310 e. The lowest BCUT2D eigenvalue weighted by Gasteiger charge is -2.18. The van der Waals surface area contributed by atoms with Gasteiger partial charge in [0.15, 0.2) is 11.6 Å². The van der Waals surface area contributed by atoms with Crippen molar-refractivity contribution in [3.05, 3.63) is 63.9 Å². The second-order valence-electron chi connectivity index (χ2n) is 4.46. The van der Waals surface area contributed by atoms with E-state index >= 15 is 0 Å². The second kappa shape index (κ2) is 6.90. The Labute approximate surface area is 125 Å². The van der Waals surface area contributed by atoms with Crippen molar-refractivity contribution in [2.75, 3.05) is 6.54 Å². The molecule has 0 aliphatic carbocycles. The van der Waals surface area contributed by atoms with Crippen LogP contribution in [0.25, 0.3) is 0 Å². The van der Waals surface area contributed by atoms with Crippen molar-refractivity contribution in [1.82, 2.24) is 10.3 Å². The number of halogens is 3. The third-order valence-corrected chi connectivity index (χ3v) is 3.47. The van der Waals surface area contributed by atoms with E-state index in [0.29, 0.717) is 12.0 Å². The molecule has 2 rings (SSSR count). The fourth-order valence-electron chi connectivity index (χ4n) is 2.10. The summed E-state index contributed by atoms with van der Waals surface area (Å²) >= 11 is 3.37. The van der Waals surface area contributed by atoms with E-state index in [1.807, 2.05) is 13.0 Å². The average molecular weight is 341 g/mol. The first kappa shape index (κ1) is 15.1. The van der Waals surface area contributed by atoms with Gasteiger partial charge in [-0.15, -0.1) is 0 Å². The first-order chi connectivity index (χ1) is 9.61. The predicted octanol–water partition coefficient (Wildman–Crippen LogP) is 4.02. The van der Waals surface area contributed by atoms with Crippen LogP contribution in [0.4, 0.5) is 8.78 Å². The van der Waals surface area contributed by atoms with Crippen LogP contribution in [-0.4, -0.2) is 11.5 Å². The Kier molecular flexibility index (Phi) is 5.20. The molecular weight excluding hydrogens is 326 g/mol. The van der Waals surface area contributed by atoms with E-state index in [4.69, 9.17) is 0 Å². The summed E-state index contributed by atoms with van der Waals surface area (Å²) in [5.74, 6) is -1.59. The van der Waals surface area contributed by atoms with Gasteiger partial charge in [0.1, 0.15) is 0 Å². The van der Waals surface area contributed by atoms with Gasteiger partial charge in [-0.2, -0.15) is 0 Å². The number of likely N-dealkylation sites (N-methyl/N-ethyl adjacent to an activating group) is 1. The molecule has 1 N–H and O–H groups in total. The molecule has 2 nitrogen and oxygen atoms in total. The van der Waals surface area contributed by atoms with Crippen molar-refractivity contribution in [2.45, 2.75) is 19.4 Å². The van der Waals surface area contributed by atoms with Crippen LogP contribution in [0.5, 0.6) is 0 Å². The quantitative estimate of drug-likeness (QED) is 0.889. The van der Waals surface area contributed by atoms with Crippen LogP contribution >= 0.6 is 15.9 Å². The predicted molar refractivity (Wildman–Crippen MR) is 78.4 cm³/mol. The molecule has 2 aromatic rings. The van der Waals surface area contributed by atoms with E-state index in [0.717, 1.165) is 22.6 Å². The number of nitrogens with zero attached hydrogens (tertiary/aromatic N) is 1. The molecule has 20 heavy (non-hydrogen) atoms. The molecule has 1 heterocycles. The number of hydrogen-bond donors (Lipinski definition) is 1. The first-order valence-corrected chi connectivity index (χ1v) is 7.17. The molecule has 5 heteroatoms. The molecule has 0 saturated carbocycles. The highest BCUT2D eigenvalue weighted by atomic mass is 79.9. The van der Waals surface area contributed by atoms with Gasteiger partial charge in [-0.05, 0) is 52.2 Å². The average Bonchev–Trinajstić information content (AvgIpc) is 2.43. The van der Waals surface area contributed by atoms with Crippen molar-refractivity contribution in [3.8, 4) is 0 Å². The van der Waals surface area contributed by atoms with Crippen LogP contribution in [0, 0.1) is 11.6 Å². The zero-order chi connectivity index (χ0) is 14.5. The molecule has 0 fully saturated rings. The SMILES string of the molecule is CCNC(Cc1cccc(F)c1F)c1cncc(Br)c1. The maximum atomic E-state index is 13.8. The molecule has 0 aliphatic heterocycles. The maximum absolute atomic E-state index is 13.8. The normalized spacial score (nSPS) is 12.4. The van der Waals surface area contributed by atoms with Crippen molar-refractivity contribution in [2.24, 2.45) is 0 Å². The highest BCUT2D eigenvalue weighted by Gasteiger charge is 2.16. The van der Waals surface area contributed by atoms with Crippen LogP contribution in [-0.2, 0) is 6.42 Å². The van der Waals surface area contributed by atoms with Gasteiger partial charge in [-0.3, -0.25) is 4.98 Å². The van der Waals surface area contributed by atoms with Crippen molar-refractivity contribution in [3.63, 3.8) is 0 Å². The number of aromatic nitrogens is 1. The molecule has 0 amide bonds. The molecule has 1 aromatic heterocycles. The summed E-state index contributed by atoms with van der Waals surface area (Å²) < 4.78 is 27.9. The molecular formula is C15H15BrF2N2. The third-order valence-electron chi connectivity index (χ3n) is 3.03. The number of rotatable bonds is 5. The molecule has 0 saturated heterocycles. The van der Waals surface area contributed by atoms with Gasteiger partial charge in [-0.25, -0.2) is 8.78 Å². The molecule has 0 bridgehead atoms. The summed E-state index contributed by atoms with van der Waals surface area (Å²) in [5.41, 5.74) is 1.29. The summed E-state index contributed by atoms with van der Waals surface area (Å²) in [7, 11) is 0. The fraction of sp³-hybridized carbons (Fsp3) is 0.267. The number of nitrogens with one attached hydrogen (secondary N) is 1. The van der Waals surface area contributed by atoms with Gasteiger partial charge in [0.2, 0.25) is 0 Å². The minimum absolute atomic E-state index is 0.110. The van der Waals surface area contributed by atoms with E-state index < -0.39 is 11.6 Å².